The van der Waals surface area contributed by atoms with Crippen molar-refractivity contribution in [1.82, 2.24) is 14.3 Å². The lowest BCUT2D eigenvalue weighted by atomic mass is 10.0. The van der Waals surface area contributed by atoms with Crippen LogP contribution in [0.25, 0.3) is 23.0 Å². The Kier molecular flexibility index (Phi) is 8.54. The van der Waals surface area contributed by atoms with Crippen molar-refractivity contribution in [1.29, 1.82) is 5.26 Å². The van der Waals surface area contributed by atoms with Gasteiger partial charge in [-0.3, -0.25) is 14.2 Å². The number of benzene rings is 2. The molecule has 8 heteroatoms. The molecule has 0 unspecified atom stereocenters. The molecule has 8 nitrogen and oxygen atoms in total. The molecule has 4 rings (SSSR count). The van der Waals surface area contributed by atoms with Gasteiger partial charge in [-0.1, -0.05) is 48.5 Å². The minimum atomic E-state index is -0.631. The molecule has 0 saturated heterocycles. The Labute approximate surface area is 227 Å². The number of nitrogens with zero attached hydrogens (tertiary/aromatic N) is 4. The van der Waals surface area contributed by atoms with Crippen LogP contribution in [0.15, 0.2) is 77.7 Å². The maximum Gasteiger partial charge on any atom is 0.271 e. The Hall–Kier alpha value is -4.74. The zero-order valence-electron chi connectivity index (χ0n) is 22.2. The molecule has 198 valence electrons. The third kappa shape index (κ3) is 6.06. The number of para-hydroxylation sites is 1. The molecule has 0 amide bonds. The van der Waals surface area contributed by atoms with Gasteiger partial charge in [0.2, 0.25) is 5.88 Å². The Bertz CT molecular complexity index is 1590. The molecule has 4 aromatic rings. The number of hydrogen-bond acceptors (Lipinski definition) is 6. The largest absolute Gasteiger partial charge is 0.494 e. The third-order valence-electron chi connectivity index (χ3n) is 6.25. The molecule has 0 spiro atoms. The van der Waals surface area contributed by atoms with Crippen LogP contribution in [0, 0.1) is 18.3 Å². The summed E-state index contributed by atoms with van der Waals surface area (Å²) in [4.78, 5) is 26.3. The van der Waals surface area contributed by atoms with Gasteiger partial charge in [-0.25, -0.2) is 4.68 Å². The second-order valence-corrected chi connectivity index (χ2v) is 9.32. The number of aromatic hydroxyl groups is 1. The van der Waals surface area contributed by atoms with Gasteiger partial charge < -0.3 is 9.84 Å². The lowest BCUT2D eigenvalue weighted by Crippen LogP contribution is -2.27. The van der Waals surface area contributed by atoms with Crippen LogP contribution in [-0.4, -0.2) is 37.9 Å². The number of allylic oxidation sites excluding steroid dienone is 1. The van der Waals surface area contributed by atoms with Crippen LogP contribution in [0.3, 0.4) is 0 Å². The monoisotopic (exact) mass is 522 g/mol. The van der Waals surface area contributed by atoms with Gasteiger partial charge >= 0.3 is 0 Å². The van der Waals surface area contributed by atoms with Gasteiger partial charge in [-0.05, 0) is 57.0 Å². The molecule has 1 N–H and O–H groups in total. The van der Waals surface area contributed by atoms with Crippen molar-refractivity contribution in [2.75, 3.05) is 6.61 Å². The van der Waals surface area contributed by atoms with E-state index in [0.717, 1.165) is 15.8 Å². The van der Waals surface area contributed by atoms with Crippen molar-refractivity contribution in [2.45, 2.75) is 39.8 Å². The van der Waals surface area contributed by atoms with E-state index < -0.39 is 17.2 Å². The first-order valence-electron chi connectivity index (χ1n) is 12.7. The second kappa shape index (κ2) is 12.2. The quantitative estimate of drug-likeness (QED) is 0.172. The zero-order valence-corrected chi connectivity index (χ0v) is 22.2. The fourth-order valence-electron chi connectivity index (χ4n) is 4.29. The molecule has 0 aliphatic heterocycles. The molecular formula is C31H30N4O4. The van der Waals surface area contributed by atoms with Gasteiger partial charge in [0.1, 0.15) is 11.6 Å². The number of ether oxygens (including phenoxy) is 1. The van der Waals surface area contributed by atoms with Crippen LogP contribution in [0.1, 0.15) is 47.3 Å². The Morgan fingerprint density at radius 1 is 1.13 bits per heavy atom. The number of hydrogen-bond donors (Lipinski definition) is 1. The number of pyridine rings is 1. The molecule has 2 aromatic carbocycles. The van der Waals surface area contributed by atoms with E-state index in [4.69, 9.17) is 9.84 Å². The normalized spacial score (nSPS) is 11.3. The topological polar surface area (TPSA) is 110 Å². The summed E-state index contributed by atoms with van der Waals surface area (Å²) in [6.45, 7) is 5.78. The fourth-order valence-corrected chi connectivity index (χ4v) is 4.29. The van der Waals surface area contributed by atoms with E-state index in [1.54, 1.807) is 10.8 Å². The van der Waals surface area contributed by atoms with Gasteiger partial charge in [-0.15, -0.1) is 0 Å². The molecule has 0 fully saturated rings. The number of ketones is 1. The Morgan fingerprint density at radius 2 is 1.79 bits per heavy atom. The minimum absolute atomic E-state index is 0.0253. The van der Waals surface area contributed by atoms with Crippen molar-refractivity contribution < 1.29 is 14.6 Å². The first-order valence-corrected chi connectivity index (χ1v) is 12.7. The lowest BCUT2D eigenvalue weighted by molar-refractivity contribution is 0.0743. The van der Waals surface area contributed by atoms with Crippen LogP contribution >= 0.6 is 0 Å². The summed E-state index contributed by atoms with van der Waals surface area (Å²) >= 11 is 0. The molecule has 2 heterocycles. The van der Waals surface area contributed by atoms with Crippen molar-refractivity contribution >= 4 is 11.9 Å². The van der Waals surface area contributed by atoms with E-state index in [9.17, 15) is 20.0 Å². The predicted molar refractivity (Wildman–Crippen MR) is 150 cm³/mol. The molecule has 0 atom stereocenters. The maximum atomic E-state index is 13.4. The zero-order chi connectivity index (χ0) is 27.9. The van der Waals surface area contributed by atoms with Gasteiger partial charge in [0.25, 0.3) is 5.56 Å². The molecule has 39 heavy (non-hydrogen) atoms. The molecule has 0 bridgehead atoms. The highest BCUT2D eigenvalue weighted by atomic mass is 16.5. The van der Waals surface area contributed by atoms with E-state index >= 15 is 0 Å². The van der Waals surface area contributed by atoms with Crippen LogP contribution in [0.2, 0.25) is 0 Å². The van der Waals surface area contributed by atoms with Crippen LogP contribution in [-0.2, 0) is 11.3 Å². The number of carbonyl (C=O) groups is 1. The first kappa shape index (κ1) is 27.3. The summed E-state index contributed by atoms with van der Waals surface area (Å²) in [5.74, 6) is -0.987. The van der Waals surface area contributed by atoms with E-state index in [0.29, 0.717) is 24.3 Å². The van der Waals surface area contributed by atoms with Gasteiger partial charge in [0.15, 0.2) is 5.78 Å². The van der Waals surface area contributed by atoms with Crippen molar-refractivity contribution in [2.24, 2.45) is 0 Å². The summed E-state index contributed by atoms with van der Waals surface area (Å²) in [7, 11) is 0. The highest BCUT2D eigenvalue weighted by Crippen LogP contribution is 2.27. The predicted octanol–water partition coefficient (Wildman–Crippen LogP) is 5.30. The Morgan fingerprint density at radius 3 is 2.44 bits per heavy atom. The summed E-state index contributed by atoms with van der Waals surface area (Å²) in [5, 5.41) is 25.4. The van der Waals surface area contributed by atoms with Gasteiger partial charge in [0, 0.05) is 30.5 Å². The van der Waals surface area contributed by atoms with Crippen molar-refractivity contribution in [3.05, 3.63) is 106 Å². The second-order valence-electron chi connectivity index (χ2n) is 9.32. The average Bonchev–Trinajstić information content (AvgIpc) is 3.37. The standard InChI is InChI=1S/C31H30N4O4/c1-21(2)39-18-10-17-34-30(37)26(19-32)22(3)28(31(34)38)27(36)16-15-24-20-35(25-13-8-5-9-14-25)33-29(24)23-11-6-4-7-12-23/h4-9,11-16,20-21,38H,10,17-18H2,1-3H3/b16-15+. The van der Waals surface area contributed by atoms with Crippen molar-refractivity contribution in [3.8, 4) is 28.9 Å². The molecule has 0 aliphatic rings. The molecule has 0 aliphatic carbocycles. The van der Waals surface area contributed by atoms with E-state index in [-0.39, 0.29) is 29.3 Å². The molecule has 0 radical (unpaired) electrons. The van der Waals surface area contributed by atoms with Gasteiger partial charge in [-0.2, -0.15) is 10.4 Å². The van der Waals surface area contributed by atoms with Crippen LogP contribution in [0.5, 0.6) is 5.88 Å². The first-order chi connectivity index (χ1) is 18.8. The lowest BCUT2D eigenvalue weighted by Gasteiger charge is -2.15. The highest BCUT2D eigenvalue weighted by molar-refractivity contribution is 6.09. The number of carbonyl (C=O) groups excluding carboxylic acids is 1. The fraction of sp³-hybridized carbons (Fsp3) is 0.226. The summed E-state index contributed by atoms with van der Waals surface area (Å²) in [6, 6.07) is 21.1. The van der Waals surface area contributed by atoms with Crippen LogP contribution in [0.4, 0.5) is 0 Å². The highest BCUT2D eigenvalue weighted by Gasteiger charge is 2.23. The number of rotatable bonds is 10. The smallest absolute Gasteiger partial charge is 0.271 e. The number of aromatic nitrogens is 3. The van der Waals surface area contributed by atoms with E-state index in [1.165, 1.54) is 13.0 Å². The number of nitriles is 1. The van der Waals surface area contributed by atoms with E-state index in [1.807, 2.05) is 86.8 Å². The SMILES string of the molecule is Cc1c(C(=O)/C=C/c2cn(-c3ccccc3)nc2-c2ccccc2)c(O)n(CCCOC(C)C)c(=O)c1C#N. The average molecular weight is 523 g/mol. The minimum Gasteiger partial charge on any atom is -0.494 e. The van der Waals surface area contributed by atoms with Crippen LogP contribution < -0.4 is 5.56 Å². The maximum absolute atomic E-state index is 13.4. The van der Waals surface area contributed by atoms with E-state index in [2.05, 4.69) is 0 Å². The molecular weight excluding hydrogens is 492 g/mol. The Balaban J connectivity index is 1.72. The summed E-state index contributed by atoms with van der Waals surface area (Å²) < 4.78 is 8.33. The summed E-state index contributed by atoms with van der Waals surface area (Å²) in [6.07, 6.45) is 5.25. The summed E-state index contributed by atoms with van der Waals surface area (Å²) in [5.41, 5.74) is 2.37. The van der Waals surface area contributed by atoms with Crippen molar-refractivity contribution in [3.63, 3.8) is 0 Å². The molecule has 2 aromatic heterocycles. The van der Waals surface area contributed by atoms with Gasteiger partial charge in [0.05, 0.1) is 23.0 Å². The molecule has 0 saturated carbocycles. The third-order valence-corrected chi connectivity index (χ3v) is 6.25.